The first-order valence-corrected chi connectivity index (χ1v) is 8.85. The highest BCUT2D eigenvalue weighted by Crippen LogP contribution is 2.31. The molecule has 2 amide bonds. The van der Waals surface area contributed by atoms with Crippen LogP contribution in [0.2, 0.25) is 0 Å². The van der Waals surface area contributed by atoms with E-state index in [1.165, 1.54) is 6.07 Å². The SMILES string of the molecule is O=C(O)CC1(O)CCN(c2ccc(NC3CCC(=O)NC3=O)cc2F)CC1. The highest BCUT2D eigenvalue weighted by Gasteiger charge is 2.35. The molecule has 8 nitrogen and oxygen atoms in total. The van der Waals surface area contributed by atoms with Crippen LogP contribution >= 0.6 is 0 Å². The Morgan fingerprint density at radius 2 is 2.04 bits per heavy atom. The van der Waals surface area contributed by atoms with E-state index >= 15 is 0 Å². The zero-order valence-electron chi connectivity index (χ0n) is 14.7. The number of amides is 2. The number of anilines is 2. The minimum Gasteiger partial charge on any atom is -0.481 e. The molecule has 0 saturated carbocycles. The van der Waals surface area contributed by atoms with Crippen LogP contribution in [0.25, 0.3) is 0 Å². The van der Waals surface area contributed by atoms with E-state index in [0.29, 0.717) is 30.9 Å². The molecule has 1 aromatic carbocycles. The molecule has 0 aliphatic carbocycles. The number of carbonyl (C=O) groups excluding carboxylic acids is 2. The maximum absolute atomic E-state index is 14.6. The molecule has 2 heterocycles. The largest absolute Gasteiger partial charge is 0.481 e. The number of rotatable bonds is 5. The second kappa shape index (κ2) is 7.51. The zero-order chi connectivity index (χ0) is 19.6. The number of hydrogen-bond acceptors (Lipinski definition) is 6. The fourth-order valence-corrected chi connectivity index (χ4v) is 3.51. The summed E-state index contributed by atoms with van der Waals surface area (Å²) in [4.78, 5) is 35.6. The van der Waals surface area contributed by atoms with E-state index in [9.17, 15) is 23.9 Å². The van der Waals surface area contributed by atoms with Gasteiger partial charge in [-0.25, -0.2) is 4.39 Å². The van der Waals surface area contributed by atoms with Gasteiger partial charge in [0.1, 0.15) is 11.9 Å². The van der Waals surface area contributed by atoms with E-state index in [4.69, 9.17) is 5.11 Å². The monoisotopic (exact) mass is 379 g/mol. The average molecular weight is 379 g/mol. The van der Waals surface area contributed by atoms with Crippen LogP contribution in [0.4, 0.5) is 15.8 Å². The summed E-state index contributed by atoms with van der Waals surface area (Å²) in [5.41, 5.74) is -0.460. The third-order valence-corrected chi connectivity index (χ3v) is 5.04. The molecule has 2 aliphatic rings. The van der Waals surface area contributed by atoms with Crippen molar-refractivity contribution in [3.8, 4) is 0 Å². The van der Waals surface area contributed by atoms with Gasteiger partial charge in [0.25, 0.3) is 0 Å². The number of imide groups is 1. The molecule has 0 radical (unpaired) electrons. The van der Waals surface area contributed by atoms with Gasteiger partial charge in [0, 0.05) is 25.2 Å². The molecular formula is C18H22FN3O5. The van der Waals surface area contributed by atoms with Crippen LogP contribution in [-0.2, 0) is 14.4 Å². The predicted octanol–water partition coefficient (Wildman–Crippen LogP) is 0.849. The van der Waals surface area contributed by atoms with Gasteiger partial charge in [0.05, 0.1) is 17.7 Å². The van der Waals surface area contributed by atoms with Crippen LogP contribution < -0.4 is 15.5 Å². The average Bonchev–Trinajstić information content (AvgIpc) is 2.58. The van der Waals surface area contributed by atoms with Crippen LogP contribution in [0, 0.1) is 5.82 Å². The summed E-state index contributed by atoms with van der Waals surface area (Å²) in [5, 5.41) is 24.3. The molecular weight excluding hydrogens is 357 g/mol. The Kier molecular flexibility index (Phi) is 5.31. The highest BCUT2D eigenvalue weighted by atomic mass is 19.1. The molecule has 2 aliphatic heterocycles. The Morgan fingerprint density at radius 3 is 2.63 bits per heavy atom. The Morgan fingerprint density at radius 1 is 1.33 bits per heavy atom. The van der Waals surface area contributed by atoms with Gasteiger partial charge in [-0.2, -0.15) is 0 Å². The number of nitrogens with zero attached hydrogens (tertiary/aromatic N) is 1. The fourth-order valence-electron chi connectivity index (χ4n) is 3.51. The van der Waals surface area contributed by atoms with Crippen molar-refractivity contribution >= 4 is 29.2 Å². The second-order valence-electron chi connectivity index (χ2n) is 7.10. The Balaban J connectivity index is 1.63. The molecule has 1 aromatic rings. The molecule has 1 atom stereocenters. The van der Waals surface area contributed by atoms with Crippen LogP contribution in [0.3, 0.4) is 0 Å². The summed E-state index contributed by atoms with van der Waals surface area (Å²) >= 11 is 0. The van der Waals surface area contributed by atoms with E-state index in [0.717, 1.165) is 0 Å². The maximum atomic E-state index is 14.6. The van der Waals surface area contributed by atoms with Crippen LogP contribution in [0.1, 0.15) is 32.1 Å². The third kappa shape index (κ3) is 4.54. The summed E-state index contributed by atoms with van der Waals surface area (Å²) in [6, 6.07) is 3.94. The molecule has 146 valence electrons. The van der Waals surface area contributed by atoms with Crippen molar-refractivity contribution in [3.05, 3.63) is 24.0 Å². The second-order valence-corrected chi connectivity index (χ2v) is 7.10. The summed E-state index contributed by atoms with van der Waals surface area (Å²) in [6.45, 7) is 0.696. The van der Waals surface area contributed by atoms with Crippen LogP contribution in [0.15, 0.2) is 18.2 Å². The van der Waals surface area contributed by atoms with Crippen molar-refractivity contribution in [2.75, 3.05) is 23.3 Å². The molecule has 9 heteroatoms. The zero-order valence-corrected chi connectivity index (χ0v) is 14.7. The number of hydrogen-bond donors (Lipinski definition) is 4. The molecule has 1 unspecified atom stereocenters. The number of aliphatic carboxylic acids is 1. The van der Waals surface area contributed by atoms with E-state index < -0.39 is 29.3 Å². The summed E-state index contributed by atoms with van der Waals surface area (Å²) < 4.78 is 14.6. The molecule has 0 spiro atoms. The summed E-state index contributed by atoms with van der Waals surface area (Å²) in [5.74, 6) is -2.27. The first kappa shape index (κ1) is 19.1. The number of carboxylic acids is 1. The quantitative estimate of drug-likeness (QED) is 0.560. The topological polar surface area (TPSA) is 119 Å². The summed E-state index contributed by atoms with van der Waals surface area (Å²) in [7, 11) is 0. The summed E-state index contributed by atoms with van der Waals surface area (Å²) in [6.07, 6.45) is 0.751. The molecule has 0 bridgehead atoms. The van der Waals surface area contributed by atoms with E-state index in [-0.39, 0.29) is 31.6 Å². The van der Waals surface area contributed by atoms with Gasteiger partial charge < -0.3 is 20.4 Å². The first-order valence-electron chi connectivity index (χ1n) is 8.85. The Hall–Kier alpha value is -2.68. The molecule has 4 N–H and O–H groups in total. The van der Waals surface area contributed by atoms with Crippen molar-refractivity contribution < 1.29 is 29.0 Å². The van der Waals surface area contributed by atoms with Crippen molar-refractivity contribution in [1.82, 2.24) is 5.32 Å². The van der Waals surface area contributed by atoms with E-state index in [1.54, 1.807) is 17.0 Å². The normalized spacial score (nSPS) is 22.3. The third-order valence-electron chi connectivity index (χ3n) is 5.04. The minimum atomic E-state index is -1.26. The van der Waals surface area contributed by atoms with Gasteiger partial charge in [-0.15, -0.1) is 0 Å². The van der Waals surface area contributed by atoms with Crippen LogP contribution in [0.5, 0.6) is 0 Å². The van der Waals surface area contributed by atoms with Crippen molar-refractivity contribution in [1.29, 1.82) is 0 Å². The number of carbonyl (C=O) groups is 3. The number of piperidine rings is 2. The molecule has 2 fully saturated rings. The van der Waals surface area contributed by atoms with Crippen LogP contribution in [-0.4, -0.2) is 52.7 Å². The van der Waals surface area contributed by atoms with Gasteiger partial charge >= 0.3 is 5.97 Å². The standard InChI is InChI=1S/C18H22FN3O5/c19-12-9-11(20-13-2-4-15(23)21-17(13)26)1-3-14(12)22-7-5-18(27,6-8-22)10-16(24)25/h1,3,9,13,20,27H,2,4-8,10H2,(H,24,25)(H,21,23,26). The minimum absolute atomic E-state index is 0.233. The first-order chi connectivity index (χ1) is 12.8. The van der Waals surface area contributed by atoms with Crippen molar-refractivity contribution in [2.24, 2.45) is 0 Å². The van der Waals surface area contributed by atoms with Crippen molar-refractivity contribution in [3.63, 3.8) is 0 Å². The number of aliphatic hydroxyl groups is 1. The van der Waals surface area contributed by atoms with Gasteiger partial charge in [0.15, 0.2) is 0 Å². The Bertz CT molecular complexity index is 761. The number of benzene rings is 1. The van der Waals surface area contributed by atoms with Gasteiger partial charge in [-0.05, 0) is 37.5 Å². The van der Waals surface area contributed by atoms with E-state index in [1.807, 2.05) is 0 Å². The van der Waals surface area contributed by atoms with Gasteiger partial charge in [0.2, 0.25) is 11.8 Å². The molecule has 2 saturated heterocycles. The van der Waals surface area contributed by atoms with E-state index in [2.05, 4.69) is 10.6 Å². The lowest BCUT2D eigenvalue weighted by Gasteiger charge is -2.38. The molecule has 27 heavy (non-hydrogen) atoms. The number of halogens is 1. The number of nitrogens with one attached hydrogen (secondary N) is 2. The van der Waals surface area contributed by atoms with Gasteiger partial charge in [-0.3, -0.25) is 19.7 Å². The predicted molar refractivity (Wildman–Crippen MR) is 94.8 cm³/mol. The lowest BCUT2D eigenvalue weighted by atomic mass is 9.88. The smallest absolute Gasteiger partial charge is 0.306 e. The lowest BCUT2D eigenvalue weighted by Crippen LogP contribution is -2.47. The fraction of sp³-hybridized carbons (Fsp3) is 0.500. The number of carboxylic acid groups (broad SMARTS) is 1. The molecule has 0 aromatic heterocycles. The Labute approximate surface area is 155 Å². The van der Waals surface area contributed by atoms with Gasteiger partial charge in [-0.1, -0.05) is 0 Å². The van der Waals surface area contributed by atoms with Crippen molar-refractivity contribution in [2.45, 2.75) is 43.7 Å². The lowest BCUT2D eigenvalue weighted by molar-refractivity contribution is -0.143. The highest BCUT2D eigenvalue weighted by molar-refractivity contribution is 6.01. The molecule has 3 rings (SSSR count). The maximum Gasteiger partial charge on any atom is 0.306 e.